The fourth-order valence-corrected chi connectivity index (χ4v) is 2.42. The smallest absolute Gasteiger partial charge is 0.251 e. The molecule has 1 saturated carbocycles. The molecular weight excluding hydrogens is 250 g/mol. The Balaban J connectivity index is 1.79. The maximum Gasteiger partial charge on any atom is 0.251 e. The summed E-state index contributed by atoms with van der Waals surface area (Å²) in [5.41, 5.74) is 0.634. The van der Waals surface area contributed by atoms with E-state index in [0.29, 0.717) is 23.0 Å². The standard InChI is InChI=1S/C14H18ClNO2/c15-12-5-3-11(4-6-12)14(18)16-9-10-1-7-13(17)8-2-10/h3-6,10,13,17H,1-2,7-9H2,(H,16,18). The van der Waals surface area contributed by atoms with Crippen LogP contribution >= 0.6 is 11.6 Å². The highest BCUT2D eigenvalue weighted by Gasteiger charge is 2.19. The van der Waals surface area contributed by atoms with Gasteiger partial charge in [-0.05, 0) is 55.9 Å². The largest absolute Gasteiger partial charge is 0.393 e. The van der Waals surface area contributed by atoms with Crippen LogP contribution in [0.25, 0.3) is 0 Å². The number of benzene rings is 1. The van der Waals surface area contributed by atoms with Gasteiger partial charge in [0.15, 0.2) is 0 Å². The Hall–Kier alpha value is -1.06. The molecule has 1 aromatic carbocycles. The number of hydrogen-bond donors (Lipinski definition) is 2. The predicted molar refractivity (Wildman–Crippen MR) is 71.8 cm³/mol. The molecular formula is C14H18ClNO2. The maximum absolute atomic E-state index is 11.9. The number of nitrogens with one attached hydrogen (secondary N) is 1. The van der Waals surface area contributed by atoms with Crippen molar-refractivity contribution in [2.75, 3.05) is 6.54 Å². The molecule has 0 aliphatic heterocycles. The molecule has 98 valence electrons. The van der Waals surface area contributed by atoms with Crippen LogP contribution in [0.3, 0.4) is 0 Å². The van der Waals surface area contributed by atoms with Crippen LogP contribution in [-0.2, 0) is 0 Å². The molecule has 4 heteroatoms. The van der Waals surface area contributed by atoms with Gasteiger partial charge >= 0.3 is 0 Å². The van der Waals surface area contributed by atoms with Crippen LogP contribution in [0.2, 0.25) is 5.02 Å². The van der Waals surface area contributed by atoms with Crippen LogP contribution in [0, 0.1) is 5.92 Å². The molecule has 0 radical (unpaired) electrons. The van der Waals surface area contributed by atoms with Gasteiger partial charge in [0, 0.05) is 17.1 Å². The first-order valence-electron chi connectivity index (χ1n) is 6.37. The minimum absolute atomic E-state index is 0.0576. The average Bonchev–Trinajstić information content (AvgIpc) is 2.38. The van der Waals surface area contributed by atoms with Gasteiger partial charge in [-0.3, -0.25) is 4.79 Å². The van der Waals surface area contributed by atoms with Gasteiger partial charge in [0.25, 0.3) is 5.91 Å². The van der Waals surface area contributed by atoms with Crippen molar-refractivity contribution >= 4 is 17.5 Å². The fourth-order valence-electron chi connectivity index (χ4n) is 2.29. The van der Waals surface area contributed by atoms with Crippen LogP contribution < -0.4 is 5.32 Å². The van der Waals surface area contributed by atoms with E-state index in [4.69, 9.17) is 11.6 Å². The van der Waals surface area contributed by atoms with E-state index >= 15 is 0 Å². The van der Waals surface area contributed by atoms with E-state index < -0.39 is 0 Å². The Bertz CT molecular complexity index is 397. The number of carbonyl (C=O) groups excluding carboxylic acids is 1. The summed E-state index contributed by atoms with van der Waals surface area (Å²) in [6, 6.07) is 6.88. The molecule has 0 spiro atoms. The van der Waals surface area contributed by atoms with Crippen molar-refractivity contribution in [3.63, 3.8) is 0 Å². The van der Waals surface area contributed by atoms with Gasteiger partial charge < -0.3 is 10.4 Å². The zero-order chi connectivity index (χ0) is 13.0. The summed E-state index contributed by atoms with van der Waals surface area (Å²) in [5, 5.41) is 13.0. The van der Waals surface area contributed by atoms with Crippen molar-refractivity contribution in [2.24, 2.45) is 5.92 Å². The van der Waals surface area contributed by atoms with Crippen molar-refractivity contribution in [3.05, 3.63) is 34.9 Å². The zero-order valence-corrected chi connectivity index (χ0v) is 11.0. The number of aliphatic hydroxyl groups excluding tert-OH is 1. The topological polar surface area (TPSA) is 49.3 Å². The first-order chi connectivity index (χ1) is 8.65. The lowest BCUT2D eigenvalue weighted by molar-refractivity contribution is 0.0910. The quantitative estimate of drug-likeness (QED) is 0.885. The first kappa shape index (κ1) is 13.4. The minimum Gasteiger partial charge on any atom is -0.393 e. The van der Waals surface area contributed by atoms with Gasteiger partial charge in [-0.2, -0.15) is 0 Å². The van der Waals surface area contributed by atoms with Gasteiger partial charge in [-0.1, -0.05) is 11.6 Å². The van der Waals surface area contributed by atoms with E-state index in [2.05, 4.69) is 5.32 Å². The molecule has 1 amide bonds. The number of hydrogen-bond acceptors (Lipinski definition) is 2. The summed E-state index contributed by atoms with van der Waals surface area (Å²) in [6.07, 6.45) is 3.53. The molecule has 0 unspecified atom stereocenters. The second-order valence-corrected chi connectivity index (χ2v) is 5.33. The molecule has 2 N–H and O–H groups in total. The van der Waals surface area contributed by atoms with E-state index in [-0.39, 0.29) is 12.0 Å². The summed E-state index contributed by atoms with van der Waals surface area (Å²) in [6.45, 7) is 0.689. The predicted octanol–water partition coefficient (Wildman–Crippen LogP) is 2.62. The summed E-state index contributed by atoms with van der Waals surface area (Å²) in [5.74, 6) is 0.433. The Morgan fingerprint density at radius 2 is 1.83 bits per heavy atom. The SMILES string of the molecule is O=C(NCC1CCC(O)CC1)c1ccc(Cl)cc1. The van der Waals surface area contributed by atoms with Crippen LogP contribution in [0.5, 0.6) is 0 Å². The summed E-state index contributed by atoms with van der Waals surface area (Å²) in [7, 11) is 0. The van der Waals surface area contributed by atoms with Gasteiger partial charge in [0.05, 0.1) is 6.10 Å². The van der Waals surface area contributed by atoms with E-state index in [0.717, 1.165) is 25.7 Å². The Labute approximate surface area is 112 Å². The minimum atomic E-state index is -0.145. The van der Waals surface area contributed by atoms with E-state index in [1.54, 1.807) is 24.3 Å². The average molecular weight is 268 g/mol. The molecule has 1 aliphatic rings. The van der Waals surface area contributed by atoms with Crippen molar-refractivity contribution in [1.82, 2.24) is 5.32 Å². The highest BCUT2D eigenvalue weighted by Crippen LogP contribution is 2.23. The van der Waals surface area contributed by atoms with E-state index in [1.165, 1.54) is 0 Å². The zero-order valence-electron chi connectivity index (χ0n) is 10.2. The third-order valence-electron chi connectivity index (χ3n) is 3.47. The van der Waals surface area contributed by atoms with Crippen molar-refractivity contribution in [3.8, 4) is 0 Å². The molecule has 1 fully saturated rings. The highest BCUT2D eigenvalue weighted by molar-refractivity contribution is 6.30. The maximum atomic E-state index is 11.9. The molecule has 1 aromatic rings. The molecule has 0 aromatic heterocycles. The highest BCUT2D eigenvalue weighted by atomic mass is 35.5. The number of aliphatic hydroxyl groups is 1. The molecule has 0 bridgehead atoms. The summed E-state index contributed by atoms with van der Waals surface area (Å²) < 4.78 is 0. The Kier molecular flexibility index (Phi) is 4.61. The van der Waals surface area contributed by atoms with Crippen LogP contribution in [0.1, 0.15) is 36.0 Å². The van der Waals surface area contributed by atoms with E-state index in [9.17, 15) is 9.90 Å². The van der Waals surface area contributed by atoms with Crippen molar-refractivity contribution < 1.29 is 9.90 Å². The number of amides is 1. The van der Waals surface area contributed by atoms with Crippen molar-refractivity contribution in [2.45, 2.75) is 31.8 Å². The molecule has 0 heterocycles. The number of halogens is 1. The second-order valence-electron chi connectivity index (χ2n) is 4.89. The second kappa shape index (κ2) is 6.21. The molecule has 0 saturated heterocycles. The molecule has 3 nitrogen and oxygen atoms in total. The summed E-state index contributed by atoms with van der Waals surface area (Å²) >= 11 is 5.77. The monoisotopic (exact) mass is 267 g/mol. The Morgan fingerprint density at radius 3 is 2.44 bits per heavy atom. The number of carbonyl (C=O) groups is 1. The van der Waals surface area contributed by atoms with Crippen LogP contribution in [-0.4, -0.2) is 23.7 Å². The molecule has 18 heavy (non-hydrogen) atoms. The third-order valence-corrected chi connectivity index (χ3v) is 3.73. The summed E-state index contributed by atoms with van der Waals surface area (Å²) in [4.78, 5) is 11.9. The van der Waals surface area contributed by atoms with Crippen LogP contribution in [0.4, 0.5) is 0 Å². The van der Waals surface area contributed by atoms with Gasteiger partial charge in [-0.15, -0.1) is 0 Å². The first-order valence-corrected chi connectivity index (χ1v) is 6.75. The Morgan fingerprint density at radius 1 is 1.22 bits per heavy atom. The number of rotatable bonds is 3. The third kappa shape index (κ3) is 3.72. The van der Waals surface area contributed by atoms with E-state index in [1.807, 2.05) is 0 Å². The fraction of sp³-hybridized carbons (Fsp3) is 0.500. The molecule has 0 atom stereocenters. The van der Waals surface area contributed by atoms with Gasteiger partial charge in [0.1, 0.15) is 0 Å². The van der Waals surface area contributed by atoms with Crippen molar-refractivity contribution in [1.29, 1.82) is 0 Å². The normalized spacial score (nSPS) is 23.7. The lowest BCUT2D eigenvalue weighted by Crippen LogP contribution is -2.32. The van der Waals surface area contributed by atoms with Gasteiger partial charge in [-0.25, -0.2) is 0 Å². The van der Waals surface area contributed by atoms with Gasteiger partial charge in [0.2, 0.25) is 0 Å². The molecule has 1 aliphatic carbocycles. The van der Waals surface area contributed by atoms with Crippen LogP contribution in [0.15, 0.2) is 24.3 Å². The molecule has 2 rings (SSSR count). The lowest BCUT2D eigenvalue weighted by Gasteiger charge is -2.25. The lowest BCUT2D eigenvalue weighted by atomic mass is 9.87.